The number of aromatic nitrogens is 2. The van der Waals surface area contributed by atoms with Crippen LogP contribution in [0.25, 0.3) is 10.9 Å². The number of aryl methyl sites for hydroxylation is 1. The minimum atomic E-state index is 1.07. The lowest BCUT2D eigenvalue weighted by Crippen LogP contribution is -1.82. The van der Waals surface area contributed by atoms with Crippen LogP contribution in [0, 0.1) is 0 Å². The third-order valence-corrected chi connectivity index (χ3v) is 2.04. The van der Waals surface area contributed by atoms with Crippen molar-refractivity contribution in [2.45, 2.75) is 19.8 Å². The predicted octanol–water partition coefficient (Wildman–Crippen LogP) is 2.52. The predicted molar refractivity (Wildman–Crippen MR) is 50.1 cm³/mol. The number of fused-ring (bicyclic) bond motifs is 1. The van der Waals surface area contributed by atoms with Crippen molar-refractivity contribution in [1.82, 2.24) is 10.2 Å². The van der Waals surface area contributed by atoms with Crippen LogP contribution in [-0.4, -0.2) is 10.2 Å². The van der Waals surface area contributed by atoms with Crippen molar-refractivity contribution in [1.29, 1.82) is 0 Å². The van der Waals surface area contributed by atoms with Gasteiger partial charge in [-0.1, -0.05) is 31.5 Å². The van der Waals surface area contributed by atoms with Gasteiger partial charge in [0, 0.05) is 11.1 Å². The number of hydrogen-bond acceptors (Lipinski definition) is 1. The maximum atomic E-state index is 4.21. The molecule has 2 heteroatoms. The zero-order chi connectivity index (χ0) is 8.39. The van der Waals surface area contributed by atoms with Gasteiger partial charge >= 0.3 is 0 Å². The number of nitrogens with one attached hydrogen (secondary N) is 1. The molecule has 2 rings (SSSR count). The van der Waals surface area contributed by atoms with Crippen LogP contribution in [0.4, 0.5) is 0 Å². The van der Waals surface area contributed by atoms with Crippen molar-refractivity contribution in [2.75, 3.05) is 0 Å². The Morgan fingerprint density at radius 1 is 1.33 bits per heavy atom. The van der Waals surface area contributed by atoms with Gasteiger partial charge in [0.15, 0.2) is 0 Å². The monoisotopic (exact) mass is 160 g/mol. The summed E-state index contributed by atoms with van der Waals surface area (Å²) in [5.41, 5.74) is 2.33. The summed E-state index contributed by atoms with van der Waals surface area (Å²) >= 11 is 0. The third kappa shape index (κ3) is 1.09. The van der Waals surface area contributed by atoms with Crippen molar-refractivity contribution >= 4 is 10.9 Å². The molecule has 0 saturated heterocycles. The molecule has 1 aromatic heterocycles. The standard InChI is InChI=1S/C10H12N2/c1-2-5-9-8-6-3-4-7-10(8)12-11-9/h3-4,6-7H,2,5H2,1H3,(H,11,12). The fraction of sp³-hybridized carbons (Fsp3) is 0.300. The van der Waals surface area contributed by atoms with Crippen molar-refractivity contribution in [3.05, 3.63) is 30.0 Å². The summed E-state index contributed by atoms with van der Waals surface area (Å²) in [5.74, 6) is 0. The van der Waals surface area contributed by atoms with Crippen LogP contribution in [-0.2, 0) is 6.42 Å². The van der Waals surface area contributed by atoms with Gasteiger partial charge in [-0.3, -0.25) is 5.10 Å². The molecule has 2 nitrogen and oxygen atoms in total. The first-order chi connectivity index (χ1) is 5.92. The maximum absolute atomic E-state index is 4.21. The summed E-state index contributed by atoms with van der Waals surface area (Å²) in [6, 6.07) is 8.21. The van der Waals surface area contributed by atoms with Crippen LogP contribution in [0.5, 0.6) is 0 Å². The molecule has 0 spiro atoms. The molecule has 0 atom stereocenters. The van der Waals surface area contributed by atoms with Crippen molar-refractivity contribution in [3.63, 3.8) is 0 Å². The Hall–Kier alpha value is -1.31. The van der Waals surface area contributed by atoms with E-state index in [0.29, 0.717) is 0 Å². The zero-order valence-corrected chi connectivity index (χ0v) is 7.17. The zero-order valence-electron chi connectivity index (χ0n) is 7.17. The van der Waals surface area contributed by atoms with Gasteiger partial charge in [0.2, 0.25) is 0 Å². The molecule has 0 unspecified atom stereocenters. The topological polar surface area (TPSA) is 28.7 Å². The summed E-state index contributed by atoms with van der Waals surface area (Å²) in [7, 11) is 0. The number of H-pyrrole nitrogens is 1. The summed E-state index contributed by atoms with van der Waals surface area (Å²) < 4.78 is 0. The fourth-order valence-corrected chi connectivity index (χ4v) is 1.45. The quantitative estimate of drug-likeness (QED) is 0.718. The van der Waals surface area contributed by atoms with Gasteiger partial charge < -0.3 is 0 Å². The van der Waals surface area contributed by atoms with E-state index >= 15 is 0 Å². The molecule has 0 aliphatic rings. The molecule has 0 bridgehead atoms. The Labute approximate surface area is 71.6 Å². The molecule has 0 amide bonds. The molecule has 0 radical (unpaired) electrons. The molecule has 62 valence electrons. The molecule has 0 aliphatic carbocycles. The first-order valence-corrected chi connectivity index (χ1v) is 4.34. The van der Waals surface area contributed by atoms with Crippen molar-refractivity contribution < 1.29 is 0 Å². The number of benzene rings is 1. The second-order valence-electron chi connectivity index (χ2n) is 2.97. The summed E-state index contributed by atoms with van der Waals surface area (Å²) in [4.78, 5) is 0. The second-order valence-corrected chi connectivity index (χ2v) is 2.97. The van der Waals surface area contributed by atoms with Gasteiger partial charge in [-0.2, -0.15) is 5.10 Å². The van der Waals surface area contributed by atoms with Gasteiger partial charge in [0.05, 0.1) is 5.52 Å². The Morgan fingerprint density at radius 3 is 3.00 bits per heavy atom. The molecule has 0 saturated carbocycles. The van der Waals surface area contributed by atoms with E-state index in [4.69, 9.17) is 0 Å². The highest BCUT2D eigenvalue weighted by Crippen LogP contribution is 2.15. The third-order valence-electron chi connectivity index (χ3n) is 2.04. The SMILES string of the molecule is CCCc1[nH]nc2ccccc12. The van der Waals surface area contributed by atoms with Crippen LogP contribution in [0.2, 0.25) is 0 Å². The Morgan fingerprint density at radius 2 is 2.17 bits per heavy atom. The number of para-hydroxylation sites is 1. The maximum Gasteiger partial charge on any atom is 0.0923 e. The van der Waals surface area contributed by atoms with Gasteiger partial charge in [0.1, 0.15) is 0 Å². The van der Waals surface area contributed by atoms with Gasteiger partial charge in [0.25, 0.3) is 0 Å². The average Bonchev–Trinajstić information content (AvgIpc) is 2.50. The highest BCUT2D eigenvalue weighted by Gasteiger charge is 2.01. The Bertz CT molecular complexity index is 376. The first-order valence-electron chi connectivity index (χ1n) is 4.34. The van der Waals surface area contributed by atoms with Crippen LogP contribution < -0.4 is 0 Å². The molecule has 2 aromatic rings. The second kappa shape index (κ2) is 2.97. The van der Waals surface area contributed by atoms with Crippen molar-refractivity contribution in [3.8, 4) is 0 Å². The average molecular weight is 160 g/mol. The van der Waals surface area contributed by atoms with Crippen LogP contribution in [0.3, 0.4) is 0 Å². The van der Waals surface area contributed by atoms with Crippen LogP contribution in [0.15, 0.2) is 24.3 Å². The van der Waals surface area contributed by atoms with E-state index in [-0.39, 0.29) is 0 Å². The smallest absolute Gasteiger partial charge is 0.0923 e. The van der Waals surface area contributed by atoms with Crippen LogP contribution in [0.1, 0.15) is 19.0 Å². The molecular formula is C10H12N2. The first kappa shape index (κ1) is 7.35. The largest absolute Gasteiger partial charge is 0.281 e. The number of hydrogen-bond donors (Lipinski definition) is 1. The molecule has 1 N–H and O–H groups in total. The Kier molecular flexibility index (Phi) is 1.82. The lowest BCUT2D eigenvalue weighted by Gasteiger charge is -1.92. The number of rotatable bonds is 2. The molecule has 1 aromatic carbocycles. The highest BCUT2D eigenvalue weighted by molar-refractivity contribution is 5.81. The number of nitrogens with zero attached hydrogens (tertiary/aromatic N) is 1. The molecule has 12 heavy (non-hydrogen) atoms. The summed E-state index contributed by atoms with van der Waals surface area (Å²) in [5, 5.41) is 8.54. The van der Waals surface area contributed by atoms with E-state index in [9.17, 15) is 0 Å². The minimum Gasteiger partial charge on any atom is -0.281 e. The van der Waals surface area contributed by atoms with Gasteiger partial charge in [-0.15, -0.1) is 0 Å². The minimum absolute atomic E-state index is 1.07. The molecule has 0 aliphatic heterocycles. The van der Waals surface area contributed by atoms with Gasteiger partial charge in [-0.05, 0) is 12.5 Å². The molecule has 1 heterocycles. The summed E-state index contributed by atoms with van der Waals surface area (Å²) in [6.45, 7) is 2.18. The van der Waals surface area contributed by atoms with E-state index in [2.05, 4.69) is 29.3 Å². The Balaban J connectivity index is 2.55. The van der Waals surface area contributed by atoms with Crippen LogP contribution >= 0.6 is 0 Å². The van der Waals surface area contributed by atoms with Crippen molar-refractivity contribution in [2.24, 2.45) is 0 Å². The van der Waals surface area contributed by atoms with Gasteiger partial charge in [-0.25, -0.2) is 0 Å². The highest BCUT2D eigenvalue weighted by atomic mass is 15.1. The molecular weight excluding hydrogens is 148 g/mol. The van der Waals surface area contributed by atoms with E-state index in [1.54, 1.807) is 0 Å². The lowest BCUT2D eigenvalue weighted by molar-refractivity contribution is 0.874. The van der Waals surface area contributed by atoms with E-state index in [1.807, 2.05) is 12.1 Å². The summed E-state index contributed by atoms with van der Waals surface area (Å²) in [6.07, 6.45) is 2.24. The van der Waals surface area contributed by atoms with E-state index < -0.39 is 0 Å². The fourth-order valence-electron chi connectivity index (χ4n) is 1.45. The lowest BCUT2D eigenvalue weighted by atomic mass is 10.1. The normalized spacial score (nSPS) is 10.8. The van der Waals surface area contributed by atoms with E-state index in [0.717, 1.165) is 18.4 Å². The van der Waals surface area contributed by atoms with E-state index in [1.165, 1.54) is 11.1 Å². The molecule has 0 fully saturated rings. The number of aromatic amines is 1.